The lowest BCUT2D eigenvalue weighted by Crippen LogP contribution is -2.27. The molecule has 22 heavy (non-hydrogen) atoms. The maximum absolute atomic E-state index is 12.6. The lowest BCUT2D eigenvalue weighted by molar-refractivity contribution is 0.0974. The van der Waals surface area contributed by atoms with Gasteiger partial charge >= 0.3 is 0 Å². The fraction of sp³-hybridized carbons (Fsp3) is 0.357. The number of fused-ring (bicyclic) bond motifs is 1. The molecule has 120 valence electrons. The number of benzene rings is 1. The van der Waals surface area contributed by atoms with Gasteiger partial charge in [0.05, 0.1) is 0 Å². The largest absolute Gasteiger partial charge is 0.349 e. The Labute approximate surface area is 134 Å². The number of unbranched alkanes of at least 4 members (excludes halogenated alkanes) is 2. The van der Waals surface area contributed by atoms with Crippen molar-refractivity contribution in [1.82, 2.24) is 14.5 Å². The van der Waals surface area contributed by atoms with Crippen molar-refractivity contribution in [2.75, 3.05) is 6.54 Å². The summed E-state index contributed by atoms with van der Waals surface area (Å²) < 4.78 is 27.7. The number of carbonyl (C=O) groups excluding carboxylic acids is 1. The van der Waals surface area contributed by atoms with Gasteiger partial charge in [0.1, 0.15) is 10.6 Å². The molecule has 0 aliphatic heterocycles. The molecule has 0 saturated carbocycles. The SMILES string of the molecule is CCCCCNS(=O)(=O)c1c(C(=O)NCl)[nH]c2ccccc12. The number of aromatic nitrogens is 1. The summed E-state index contributed by atoms with van der Waals surface area (Å²) in [7, 11) is -3.81. The molecule has 0 spiro atoms. The van der Waals surface area contributed by atoms with E-state index in [1.165, 1.54) is 0 Å². The van der Waals surface area contributed by atoms with Gasteiger partial charge in [0.25, 0.3) is 5.91 Å². The Morgan fingerprint density at radius 3 is 2.68 bits per heavy atom. The van der Waals surface area contributed by atoms with E-state index in [0.29, 0.717) is 17.4 Å². The van der Waals surface area contributed by atoms with E-state index in [-0.39, 0.29) is 10.6 Å². The molecule has 0 fully saturated rings. The molecule has 0 unspecified atom stereocenters. The average Bonchev–Trinajstić information content (AvgIpc) is 2.91. The second-order valence-electron chi connectivity index (χ2n) is 4.90. The van der Waals surface area contributed by atoms with Gasteiger partial charge in [-0.1, -0.05) is 38.0 Å². The summed E-state index contributed by atoms with van der Waals surface area (Å²) >= 11 is 5.35. The number of rotatable bonds is 7. The summed E-state index contributed by atoms with van der Waals surface area (Å²) in [5.74, 6) is -0.688. The highest BCUT2D eigenvalue weighted by Gasteiger charge is 2.27. The predicted octanol–water partition coefficient (Wildman–Crippen LogP) is 2.52. The van der Waals surface area contributed by atoms with Gasteiger partial charge in [-0.25, -0.2) is 13.1 Å². The third-order valence-corrected chi connectivity index (χ3v) is 5.03. The van der Waals surface area contributed by atoms with Gasteiger partial charge in [-0.2, -0.15) is 0 Å². The van der Waals surface area contributed by atoms with Gasteiger partial charge < -0.3 is 4.98 Å². The Kier molecular flexibility index (Phi) is 5.44. The number of hydrogen-bond donors (Lipinski definition) is 3. The van der Waals surface area contributed by atoms with E-state index in [0.717, 1.165) is 19.3 Å². The van der Waals surface area contributed by atoms with Crippen LogP contribution in [0.3, 0.4) is 0 Å². The molecule has 2 rings (SSSR count). The number of H-pyrrole nitrogens is 1. The van der Waals surface area contributed by atoms with Crippen molar-refractivity contribution in [3.63, 3.8) is 0 Å². The fourth-order valence-corrected chi connectivity index (χ4v) is 3.79. The van der Waals surface area contributed by atoms with Gasteiger partial charge in [0, 0.05) is 29.2 Å². The monoisotopic (exact) mass is 343 g/mol. The molecule has 3 N–H and O–H groups in total. The Bertz CT molecular complexity index is 771. The molecule has 6 nitrogen and oxygen atoms in total. The average molecular weight is 344 g/mol. The molecule has 1 heterocycles. The molecule has 0 bridgehead atoms. The fourth-order valence-electron chi connectivity index (χ4n) is 2.26. The summed E-state index contributed by atoms with van der Waals surface area (Å²) in [6.45, 7) is 2.37. The summed E-state index contributed by atoms with van der Waals surface area (Å²) in [5, 5.41) is 0.459. The number of amides is 1. The Morgan fingerprint density at radius 1 is 1.27 bits per heavy atom. The molecule has 0 atom stereocenters. The van der Waals surface area contributed by atoms with Gasteiger partial charge in [0.2, 0.25) is 10.0 Å². The molecular weight excluding hydrogens is 326 g/mol. The molecule has 2 aromatic rings. The first-order valence-electron chi connectivity index (χ1n) is 7.02. The lowest BCUT2D eigenvalue weighted by Gasteiger charge is -2.07. The van der Waals surface area contributed by atoms with E-state index in [1.807, 2.05) is 11.8 Å². The van der Waals surface area contributed by atoms with Crippen LogP contribution in [0.15, 0.2) is 29.2 Å². The maximum Gasteiger partial charge on any atom is 0.283 e. The van der Waals surface area contributed by atoms with E-state index < -0.39 is 15.9 Å². The molecule has 1 amide bonds. The van der Waals surface area contributed by atoms with Crippen molar-refractivity contribution >= 4 is 38.6 Å². The molecule has 0 aliphatic rings. The molecular formula is C14H18ClN3O3S. The van der Waals surface area contributed by atoms with Crippen molar-refractivity contribution in [3.05, 3.63) is 30.0 Å². The lowest BCUT2D eigenvalue weighted by atomic mass is 10.2. The van der Waals surface area contributed by atoms with Crippen molar-refractivity contribution in [3.8, 4) is 0 Å². The minimum atomic E-state index is -3.81. The van der Waals surface area contributed by atoms with E-state index in [2.05, 4.69) is 9.71 Å². The number of sulfonamides is 1. The second-order valence-corrected chi connectivity index (χ2v) is 6.80. The highest BCUT2D eigenvalue weighted by atomic mass is 35.5. The number of halogens is 1. The highest BCUT2D eigenvalue weighted by Crippen LogP contribution is 2.27. The van der Waals surface area contributed by atoms with Crippen LogP contribution in [0.2, 0.25) is 0 Å². The first-order chi connectivity index (χ1) is 10.5. The minimum absolute atomic E-state index is 0.0702. The normalized spacial score (nSPS) is 11.7. The molecule has 0 aliphatic carbocycles. The summed E-state index contributed by atoms with van der Waals surface area (Å²) in [6.07, 6.45) is 2.68. The Hall–Kier alpha value is -1.57. The molecule has 0 radical (unpaired) electrons. The third-order valence-electron chi connectivity index (χ3n) is 3.31. The summed E-state index contributed by atoms with van der Waals surface area (Å²) in [5.41, 5.74) is 0.492. The van der Waals surface area contributed by atoms with E-state index in [4.69, 9.17) is 11.8 Å². The van der Waals surface area contributed by atoms with Crippen LogP contribution in [-0.2, 0) is 10.0 Å². The van der Waals surface area contributed by atoms with Crippen LogP contribution >= 0.6 is 11.8 Å². The van der Waals surface area contributed by atoms with Crippen LogP contribution in [0, 0.1) is 0 Å². The van der Waals surface area contributed by atoms with Crippen molar-refractivity contribution in [2.45, 2.75) is 31.1 Å². The van der Waals surface area contributed by atoms with Gasteiger partial charge in [-0.05, 0) is 12.5 Å². The van der Waals surface area contributed by atoms with E-state index >= 15 is 0 Å². The molecule has 1 aromatic heterocycles. The zero-order valence-corrected chi connectivity index (χ0v) is 13.7. The van der Waals surface area contributed by atoms with Crippen molar-refractivity contribution in [1.29, 1.82) is 0 Å². The van der Waals surface area contributed by atoms with Crippen LogP contribution in [0.4, 0.5) is 0 Å². The standard InChI is InChI=1S/C14H18ClN3O3S/c1-2-3-6-9-16-22(20,21)13-10-7-4-5-8-11(10)17-12(13)14(19)18-15/h4-5,7-8,16-17H,2-3,6,9H2,1H3,(H,18,19). The number of para-hydroxylation sites is 1. The number of carbonyl (C=O) groups is 1. The van der Waals surface area contributed by atoms with Gasteiger partial charge in [-0.15, -0.1) is 0 Å². The first-order valence-corrected chi connectivity index (χ1v) is 8.88. The zero-order valence-electron chi connectivity index (χ0n) is 12.1. The van der Waals surface area contributed by atoms with Crippen molar-refractivity contribution in [2.24, 2.45) is 0 Å². The summed E-state index contributed by atoms with van der Waals surface area (Å²) in [6, 6.07) is 6.83. The van der Waals surface area contributed by atoms with Gasteiger partial charge in [-0.3, -0.25) is 9.63 Å². The zero-order chi connectivity index (χ0) is 16.2. The Morgan fingerprint density at radius 2 is 2.00 bits per heavy atom. The minimum Gasteiger partial charge on any atom is -0.349 e. The van der Waals surface area contributed by atoms with Gasteiger partial charge in [0.15, 0.2) is 0 Å². The second kappa shape index (κ2) is 7.13. The number of aromatic amines is 1. The summed E-state index contributed by atoms with van der Waals surface area (Å²) in [4.78, 5) is 16.5. The van der Waals surface area contributed by atoms with Crippen LogP contribution in [0.1, 0.15) is 36.7 Å². The van der Waals surface area contributed by atoms with E-state index in [1.54, 1.807) is 24.3 Å². The maximum atomic E-state index is 12.6. The first kappa shape index (κ1) is 16.8. The van der Waals surface area contributed by atoms with Crippen LogP contribution in [0.25, 0.3) is 10.9 Å². The van der Waals surface area contributed by atoms with Crippen LogP contribution in [0.5, 0.6) is 0 Å². The van der Waals surface area contributed by atoms with Crippen LogP contribution < -0.4 is 9.56 Å². The molecule has 0 saturated heterocycles. The molecule has 1 aromatic carbocycles. The topological polar surface area (TPSA) is 91.1 Å². The van der Waals surface area contributed by atoms with Crippen LogP contribution in [-0.4, -0.2) is 25.9 Å². The third kappa shape index (κ3) is 3.43. The number of nitrogens with one attached hydrogen (secondary N) is 3. The quantitative estimate of drug-likeness (QED) is 0.533. The van der Waals surface area contributed by atoms with Crippen molar-refractivity contribution < 1.29 is 13.2 Å². The molecule has 8 heteroatoms. The Balaban J connectivity index is 2.45. The number of hydrogen-bond acceptors (Lipinski definition) is 3. The smallest absolute Gasteiger partial charge is 0.283 e. The van der Waals surface area contributed by atoms with E-state index in [9.17, 15) is 13.2 Å². The highest BCUT2D eigenvalue weighted by molar-refractivity contribution is 7.89. The predicted molar refractivity (Wildman–Crippen MR) is 86.3 cm³/mol.